The number of halogens is 1. The maximum Gasteiger partial charge on any atom is 0.333 e. The lowest BCUT2D eigenvalue weighted by Gasteiger charge is -2.26. The molecule has 0 radical (unpaired) electrons. The van der Waals surface area contributed by atoms with Crippen LogP contribution in [0.25, 0.3) is 11.2 Å². The van der Waals surface area contributed by atoms with E-state index in [1.165, 1.54) is 10.9 Å². The van der Waals surface area contributed by atoms with Crippen LogP contribution in [0.1, 0.15) is 37.8 Å². The second-order valence-electron chi connectivity index (χ2n) is 9.86. The van der Waals surface area contributed by atoms with E-state index in [2.05, 4.69) is 20.9 Å². The number of hydrogen-bond donors (Lipinski definition) is 4. The van der Waals surface area contributed by atoms with Crippen molar-refractivity contribution in [3.63, 3.8) is 0 Å². The molecule has 3 aromatic rings. The Kier molecular flexibility index (Phi) is 8.04. The summed E-state index contributed by atoms with van der Waals surface area (Å²) in [7, 11) is 0. The molecular formula is C26H29ClN4O7. The van der Waals surface area contributed by atoms with Gasteiger partial charge in [-0.3, -0.25) is 4.57 Å². The Balaban J connectivity index is 1.58. The smallest absolute Gasteiger partial charge is 0.333 e. The molecule has 4 rings (SSSR count). The van der Waals surface area contributed by atoms with Crippen molar-refractivity contribution in [2.45, 2.75) is 68.9 Å². The van der Waals surface area contributed by atoms with E-state index in [0.29, 0.717) is 24.1 Å². The molecule has 202 valence electrons. The van der Waals surface area contributed by atoms with Gasteiger partial charge in [0.2, 0.25) is 5.28 Å². The van der Waals surface area contributed by atoms with Gasteiger partial charge >= 0.3 is 5.97 Å². The molecule has 1 fully saturated rings. The molecule has 0 bridgehead atoms. The van der Waals surface area contributed by atoms with Gasteiger partial charge in [-0.15, -0.1) is 6.42 Å². The van der Waals surface area contributed by atoms with Crippen LogP contribution in [0.3, 0.4) is 0 Å². The first kappa shape index (κ1) is 27.9. The monoisotopic (exact) mass is 544 g/mol. The normalized spacial score (nSPS) is 24.4. The first-order valence-electron chi connectivity index (χ1n) is 12.0. The molecule has 1 unspecified atom stereocenters. The van der Waals surface area contributed by atoms with Gasteiger partial charge < -0.3 is 29.9 Å². The number of aliphatic carboxylic acids is 1. The second-order valence-corrected chi connectivity index (χ2v) is 10.2. The summed E-state index contributed by atoms with van der Waals surface area (Å²) in [5.74, 6) is 0.980. The highest BCUT2D eigenvalue weighted by molar-refractivity contribution is 6.28. The lowest BCUT2D eigenvalue weighted by Crippen LogP contribution is -2.48. The van der Waals surface area contributed by atoms with Gasteiger partial charge in [0.15, 0.2) is 23.6 Å². The number of fused-ring (bicyclic) bond motifs is 1. The Morgan fingerprint density at radius 1 is 1.34 bits per heavy atom. The predicted molar refractivity (Wildman–Crippen MR) is 136 cm³/mol. The van der Waals surface area contributed by atoms with Crippen molar-refractivity contribution >= 4 is 28.7 Å². The summed E-state index contributed by atoms with van der Waals surface area (Å²) in [5.41, 5.74) is -1.29. The highest BCUT2D eigenvalue weighted by Gasteiger charge is 2.56. The third-order valence-corrected chi connectivity index (χ3v) is 6.62. The molecule has 1 aliphatic heterocycles. The van der Waals surface area contributed by atoms with E-state index in [4.69, 9.17) is 27.5 Å². The molecule has 3 heterocycles. The maximum absolute atomic E-state index is 11.8. The first-order valence-corrected chi connectivity index (χ1v) is 12.3. The number of nitrogens with zero attached hydrogens (tertiary/aromatic N) is 4. The summed E-state index contributed by atoms with van der Waals surface area (Å²) < 4.78 is 12.9. The van der Waals surface area contributed by atoms with Gasteiger partial charge in [0.05, 0.1) is 24.2 Å². The fourth-order valence-electron chi connectivity index (χ4n) is 4.30. The largest absolute Gasteiger partial charge is 0.479 e. The summed E-state index contributed by atoms with van der Waals surface area (Å²) in [4.78, 5) is 24.6. The van der Waals surface area contributed by atoms with Crippen molar-refractivity contribution in [1.29, 1.82) is 0 Å². The zero-order valence-electron chi connectivity index (χ0n) is 20.9. The molecule has 0 amide bonds. The molecule has 0 spiro atoms. The minimum atomic E-state index is -2.20. The van der Waals surface area contributed by atoms with Gasteiger partial charge in [0.1, 0.15) is 17.7 Å². The molecule has 11 nitrogen and oxygen atoms in total. The summed E-state index contributed by atoms with van der Waals surface area (Å²) in [6.45, 7) is 2.94. The number of hydrogen-bond acceptors (Lipinski definition) is 9. The number of aliphatic hydroxyl groups is 3. The molecule has 2 aromatic heterocycles. The number of ether oxygens (including phenoxy) is 2. The van der Waals surface area contributed by atoms with Gasteiger partial charge in [-0.1, -0.05) is 36.3 Å². The number of imidazole rings is 1. The molecule has 1 saturated heterocycles. The predicted octanol–water partition coefficient (Wildman–Crippen LogP) is 1.52. The average Bonchev–Trinajstić information content (AvgIpc) is 3.39. The lowest BCUT2D eigenvalue weighted by atomic mass is 9.93. The number of aliphatic hydroxyl groups excluding tert-OH is 1. The number of aryl methyl sites for hydroxylation is 1. The number of carbonyl (C=O) groups is 1. The summed E-state index contributed by atoms with van der Waals surface area (Å²) in [6.07, 6.45) is 2.39. The topological polar surface area (TPSA) is 160 Å². The highest BCUT2D eigenvalue weighted by atomic mass is 35.5. The van der Waals surface area contributed by atoms with Crippen LogP contribution in [0.5, 0.6) is 0 Å². The molecule has 1 aliphatic rings. The Hall–Kier alpha value is -3.11. The zero-order chi connectivity index (χ0) is 27.7. The SMILES string of the molecule is C#C[C@@]1(O)[C@@H](COC(Cc2ccccc2)C(=O)O)O[C@@H](n2cnc3c(CCC(C)(C)O)nc(Cl)nc32)[C@@H]1O. The number of aromatic nitrogens is 4. The van der Waals surface area contributed by atoms with Crippen LogP contribution in [0.15, 0.2) is 36.7 Å². The molecule has 4 N–H and O–H groups in total. The van der Waals surface area contributed by atoms with Crippen molar-refractivity contribution in [3.05, 3.63) is 53.2 Å². The van der Waals surface area contributed by atoms with E-state index >= 15 is 0 Å². The van der Waals surface area contributed by atoms with Gasteiger partial charge in [-0.25, -0.2) is 14.8 Å². The quantitative estimate of drug-likeness (QED) is 0.217. The second kappa shape index (κ2) is 10.9. The number of carboxylic acid groups (broad SMARTS) is 1. The van der Waals surface area contributed by atoms with Crippen molar-refractivity contribution < 1.29 is 34.7 Å². The van der Waals surface area contributed by atoms with E-state index < -0.39 is 48.3 Å². The number of carboxylic acids is 1. The molecular weight excluding hydrogens is 516 g/mol. The van der Waals surface area contributed by atoms with Crippen LogP contribution >= 0.6 is 11.6 Å². The summed E-state index contributed by atoms with van der Waals surface area (Å²) >= 11 is 6.15. The fourth-order valence-corrected chi connectivity index (χ4v) is 4.48. The van der Waals surface area contributed by atoms with Crippen LogP contribution in [0, 0.1) is 12.3 Å². The molecule has 0 saturated carbocycles. The Bertz CT molecular complexity index is 1340. The zero-order valence-corrected chi connectivity index (χ0v) is 21.6. The van der Waals surface area contributed by atoms with Crippen LogP contribution in [0.2, 0.25) is 5.28 Å². The lowest BCUT2D eigenvalue weighted by molar-refractivity contribution is -0.156. The van der Waals surface area contributed by atoms with E-state index in [0.717, 1.165) is 5.56 Å². The molecule has 12 heteroatoms. The molecule has 38 heavy (non-hydrogen) atoms. The Morgan fingerprint density at radius 2 is 2.05 bits per heavy atom. The number of terminal acetylenes is 1. The summed E-state index contributed by atoms with van der Waals surface area (Å²) in [6, 6.07) is 8.93. The first-order chi connectivity index (χ1) is 17.9. The van der Waals surface area contributed by atoms with Gasteiger partial charge in [0.25, 0.3) is 0 Å². The summed E-state index contributed by atoms with van der Waals surface area (Å²) in [5, 5.41) is 41.8. The minimum absolute atomic E-state index is 0.0743. The van der Waals surface area contributed by atoms with E-state index in [1.54, 1.807) is 38.1 Å². The third kappa shape index (κ3) is 5.81. The van der Waals surface area contributed by atoms with Gasteiger partial charge in [-0.2, -0.15) is 4.98 Å². The molecule has 1 aromatic carbocycles. The van der Waals surface area contributed by atoms with Crippen molar-refractivity contribution in [2.24, 2.45) is 0 Å². The van der Waals surface area contributed by atoms with Crippen LogP contribution < -0.4 is 0 Å². The number of benzene rings is 1. The van der Waals surface area contributed by atoms with Crippen molar-refractivity contribution in [3.8, 4) is 12.3 Å². The van der Waals surface area contributed by atoms with Gasteiger partial charge in [-0.05, 0) is 43.9 Å². The maximum atomic E-state index is 11.8. The number of rotatable bonds is 10. The van der Waals surface area contributed by atoms with Crippen molar-refractivity contribution in [2.75, 3.05) is 6.61 Å². The Labute approximate surface area is 224 Å². The van der Waals surface area contributed by atoms with Crippen molar-refractivity contribution in [1.82, 2.24) is 19.5 Å². The minimum Gasteiger partial charge on any atom is -0.479 e. The van der Waals surface area contributed by atoms with Crippen LogP contribution in [0.4, 0.5) is 0 Å². The molecule has 5 atom stereocenters. The molecule has 0 aliphatic carbocycles. The average molecular weight is 545 g/mol. The standard InChI is InChI=1S/C26H29ClN4O7/c1-4-26(36)18(13-37-17(23(33)34)12-15-8-6-5-7-9-15)38-22(20(26)32)31-14-28-19-16(10-11-25(2,3)35)29-24(27)30-21(19)31/h1,5-9,14,17-18,20,22,32,35-36H,10-13H2,2-3H3,(H,33,34)/t17?,18-,20+,22-,26-/m1/s1. The fraction of sp³-hybridized carbons (Fsp3) is 0.462. The highest BCUT2D eigenvalue weighted by Crippen LogP contribution is 2.39. The van der Waals surface area contributed by atoms with Crippen LogP contribution in [-0.2, 0) is 27.1 Å². The van der Waals surface area contributed by atoms with Gasteiger partial charge in [0, 0.05) is 6.42 Å². The van der Waals surface area contributed by atoms with Crippen LogP contribution in [-0.4, -0.2) is 82.0 Å². The van der Waals surface area contributed by atoms with E-state index in [1.807, 2.05) is 6.07 Å². The third-order valence-electron chi connectivity index (χ3n) is 6.45. The van der Waals surface area contributed by atoms with E-state index in [-0.39, 0.29) is 17.4 Å². The van der Waals surface area contributed by atoms with E-state index in [9.17, 15) is 25.2 Å². The Morgan fingerprint density at radius 3 is 2.68 bits per heavy atom.